The molecule has 3 aromatic rings. The molecule has 6 nitrogen and oxygen atoms in total. The largest absolute Gasteiger partial charge is 0.489 e. The molecule has 1 atom stereocenters. The summed E-state index contributed by atoms with van der Waals surface area (Å²) >= 11 is 7.28. The number of benzene rings is 3. The lowest BCUT2D eigenvalue weighted by molar-refractivity contribution is -0.116. The standard InChI is InChI=1S/C31H26ClN3O3S/c32-22-8-4-9-23(16-22)34-28(37)19-39-31-25(17-33)29(30-26(35-31)10-5-11-27(30)36)21-12-14-24(15-13-21)38-18-20-6-2-1-3-7-20/h1-4,6-9,12-16,29,35H,5,10-11,18-19H2,(H,34,37)/t29-/m0/s1. The Kier molecular flexibility index (Phi) is 8.36. The predicted molar refractivity (Wildman–Crippen MR) is 154 cm³/mol. The lowest BCUT2D eigenvalue weighted by atomic mass is 9.77. The van der Waals surface area contributed by atoms with Crippen LogP contribution in [0.5, 0.6) is 5.75 Å². The summed E-state index contributed by atoms with van der Waals surface area (Å²) in [5.74, 6) is 0.130. The van der Waals surface area contributed by atoms with Gasteiger partial charge in [0.15, 0.2) is 5.78 Å². The van der Waals surface area contributed by atoms with Crippen LogP contribution in [-0.4, -0.2) is 17.4 Å². The van der Waals surface area contributed by atoms with Gasteiger partial charge in [-0.2, -0.15) is 5.26 Å². The molecule has 0 spiro atoms. The Hall–Kier alpha value is -3.99. The van der Waals surface area contributed by atoms with Crippen molar-refractivity contribution in [2.45, 2.75) is 31.8 Å². The van der Waals surface area contributed by atoms with Gasteiger partial charge in [-0.1, -0.05) is 71.9 Å². The number of nitrogens with zero attached hydrogens (tertiary/aromatic N) is 1. The van der Waals surface area contributed by atoms with Gasteiger partial charge in [-0.3, -0.25) is 9.59 Å². The van der Waals surface area contributed by atoms with Gasteiger partial charge in [0.05, 0.1) is 28.3 Å². The van der Waals surface area contributed by atoms with Crippen molar-refractivity contribution >= 4 is 40.7 Å². The fourth-order valence-electron chi connectivity index (χ4n) is 4.77. The number of halogens is 1. The van der Waals surface area contributed by atoms with Gasteiger partial charge >= 0.3 is 0 Å². The van der Waals surface area contributed by atoms with Gasteiger partial charge in [-0.15, -0.1) is 0 Å². The van der Waals surface area contributed by atoms with E-state index in [1.165, 1.54) is 11.8 Å². The summed E-state index contributed by atoms with van der Waals surface area (Å²) in [5, 5.41) is 17.5. The number of rotatable bonds is 8. The number of carbonyl (C=O) groups excluding carboxylic acids is 2. The Bertz CT molecular complexity index is 1490. The molecule has 2 aliphatic rings. The van der Waals surface area contributed by atoms with Gasteiger partial charge in [-0.25, -0.2) is 0 Å². The SMILES string of the molecule is N#CC1=C(SCC(=O)Nc2cccc(Cl)c2)NC2=C(C(=O)CCC2)[C@H]1c1ccc(OCc2ccccc2)cc1. The number of hydrogen-bond acceptors (Lipinski definition) is 6. The first-order valence-corrected chi connectivity index (χ1v) is 14.0. The van der Waals surface area contributed by atoms with Crippen LogP contribution in [0.15, 0.2) is 101 Å². The van der Waals surface area contributed by atoms with Gasteiger partial charge in [0.1, 0.15) is 12.4 Å². The molecule has 1 heterocycles. The van der Waals surface area contributed by atoms with E-state index in [2.05, 4.69) is 16.7 Å². The number of hydrogen-bond donors (Lipinski definition) is 2. The number of thioether (sulfide) groups is 1. The fourth-order valence-corrected chi connectivity index (χ4v) is 5.82. The quantitative estimate of drug-likeness (QED) is 0.320. The van der Waals surface area contributed by atoms with E-state index in [-0.39, 0.29) is 17.4 Å². The third kappa shape index (κ3) is 6.36. The molecule has 2 N–H and O–H groups in total. The zero-order valence-corrected chi connectivity index (χ0v) is 22.6. The maximum atomic E-state index is 13.1. The maximum Gasteiger partial charge on any atom is 0.234 e. The van der Waals surface area contributed by atoms with Crippen molar-refractivity contribution in [2.24, 2.45) is 0 Å². The zero-order chi connectivity index (χ0) is 27.2. The van der Waals surface area contributed by atoms with Crippen LogP contribution in [0.4, 0.5) is 5.69 Å². The van der Waals surface area contributed by atoms with Gasteiger partial charge in [0, 0.05) is 28.4 Å². The van der Waals surface area contributed by atoms with Gasteiger partial charge in [0.2, 0.25) is 5.91 Å². The first kappa shape index (κ1) is 26.6. The minimum absolute atomic E-state index is 0.0497. The second-order valence-electron chi connectivity index (χ2n) is 9.27. The number of anilines is 1. The van der Waals surface area contributed by atoms with Crippen molar-refractivity contribution in [1.82, 2.24) is 5.32 Å². The molecule has 0 fully saturated rings. The summed E-state index contributed by atoms with van der Waals surface area (Å²) in [6, 6.07) is 26.7. The van der Waals surface area contributed by atoms with Crippen LogP contribution in [0.3, 0.4) is 0 Å². The van der Waals surface area contributed by atoms with Crippen molar-refractivity contribution in [1.29, 1.82) is 5.26 Å². The Labute approximate surface area is 236 Å². The first-order valence-electron chi connectivity index (χ1n) is 12.6. The molecule has 8 heteroatoms. The second kappa shape index (κ2) is 12.2. The van der Waals surface area contributed by atoms with E-state index in [0.29, 0.717) is 52.1 Å². The molecule has 3 aromatic carbocycles. The molecule has 39 heavy (non-hydrogen) atoms. The Balaban J connectivity index is 1.37. The number of ether oxygens (including phenoxy) is 1. The molecule has 0 aromatic heterocycles. The molecular weight excluding hydrogens is 530 g/mol. The summed E-state index contributed by atoms with van der Waals surface area (Å²) in [5.41, 5.74) is 4.42. The topological polar surface area (TPSA) is 91.2 Å². The molecule has 5 rings (SSSR count). The van der Waals surface area contributed by atoms with Crippen LogP contribution in [0.2, 0.25) is 5.02 Å². The van der Waals surface area contributed by atoms with Gasteiger partial charge in [-0.05, 0) is 54.3 Å². The number of carbonyl (C=O) groups is 2. The smallest absolute Gasteiger partial charge is 0.234 e. The van der Waals surface area contributed by atoms with Crippen molar-refractivity contribution in [2.75, 3.05) is 11.1 Å². The number of nitriles is 1. The van der Waals surface area contributed by atoms with Gasteiger partial charge in [0.25, 0.3) is 0 Å². The van der Waals surface area contributed by atoms with Crippen LogP contribution in [0.25, 0.3) is 0 Å². The van der Waals surface area contributed by atoms with Crippen molar-refractivity contribution in [3.8, 4) is 11.8 Å². The normalized spacial score (nSPS) is 16.7. The van der Waals surface area contributed by atoms with Crippen molar-refractivity contribution < 1.29 is 14.3 Å². The molecule has 0 saturated carbocycles. The predicted octanol–water partition coefficient (Wildman–Crippen LogP) is 6.72. The van der Waals surface area contributed by atoms with Crippen LogP contribution in [0.1, 0.15) is 36.3 Å². The molecular formula is C31H26ClN3O3S. The number of Topliss-reactive ketones (excluding diaryl/α,β-unsaturated/α-hetero) is 1. The van der Waals surface area contributed by atoms with E-state index in [0.717, 1.165) is 23.2 Å². The molecule has 0 unspecified atom stereocenters. The molecule has 1 aliphatic carbocycles. The van der Waals surface area contributed by atoms with E-state index >= 15 is 0 Å². The third-order valence-electron chi connectivity index (χ3n) is 6.58. The maximum absolute atomic E-state index is 13.1. The molecule has 0 radical (unpaired) electrons. The summed E-state index contributed by atoms with van der Waals surface area (Å²) in [6.45, 7) is 0.447. The molecule has 0 saturated heterocycles. The summed E-state index contributed by atoms with van der Waals surface area (Å²) in [7, 11) is 0. The fraction of sp³-hybridized carbons (Fsp3) is 0.194. The van der Waals surface area contributed by atoms with E-state index < -0.39 is 5.92 Å². The highest BCUT2D eigenvalue weighted by atomic mass is 35.5. The number of allylic oxidation sites excluding steroid dienone is 3. The van der Waals surface area contributed by atoms with E-state index in [4.69, 9.17) is 16.3 Å². The highest BCUT2D eigenvalue weighted by Gasteiger charge is 2.37. The number of ketones is 1. The second-order valence-corrected chi connectivity index (χ2v) is 10.7. The Morgan fingerprint density at radius 1 is 1.08 bits per heavy atom. The van der Waals surface area contributed by atoms with E-state index in [9.17, 15) is 14.9 Å². The van der Waals surface area contributed by atoms with Crippen molar-refractivity contribution in [3.05, 3.63) is 117 Å². The zero-order valence-electron chi connectivity index (χ0n) is 21.1. The summed E-state index contributed by atoms with van der Waals surface area (Å²) in [6.07, 6.45) is 1.92. The average Bonchev–Trinajstić information content (AvgIpc) is 2.95. The lowest BCUT2D eigenvalue weighted by Gasteiger charge is -2.33. The van der Waals surface area contributed by atoms with Crippen LogP contribution in [-0.2, 0) is 16.2 Å². The lowest BCUT2D eigenvalue weighted by Crippen LogP contribution is -2.31. The molecule has 196 valence electrons. The minimum atomic E-state index is -0.499. The summed E-state index contributed by atoms with van der Waals surface area (Å²) < 4.78 is 5.93. The molecule has 1 amide bonds. The average molecular weight is 556 g/mol. The highest BCUT2D eigenvalue weighted by Crippen LogP contribution is 2.44. The number of nitrogens with one attached hydrogen (secondary N) is 2. The number of dihydropyridines is 1. The van der Waals surface area contributed by atoms with Crippen LogP contribution < -0.4 is 15.4 Å². The third-order valence-corrected chi connectivity index (χ3v) is 7.83. The van der Waals surface area contributed by atoms with Crippen LogP contribution >= 0.6 is 23.4 Å². The Morgan fingerprint density at radius 2 is 1.87 bits per heavy atom. The van der Waals surface area contributed by atoms with Crippen molar-refractivity contribution in [3.63, 3.8) is 0 Å². The first-order chi connectivity index (χ1) is 19.0. The minimum Gasteiger partial charge on any atom is -0.489 e. The van der Waals surface area contributed by atoms with E-state index in [1.54, 1.807) is 24.3 Å². The monoisotopic (exact) mass is 555 g/mol. The molecule has 0 bridgehead atoms. The summed E-state index contributed by atoms with van der Waals surface area (Å²) in [4.78, 5) is 25.7. The highest BCUT2D eigenvalue weighted by molar-refractivity contribution is 8.03. The Morgan fingerprint density at radius 3 is 2.62 bits per heavy atom. The van der Waals surface area contributed by atoms with Gasteiger partial charge < -0.3 is 15.4 Å². The van der Waals surface area contributed by atoms with Crippen LogP contribution in [0, 0.1) is 11.3 Å². The molecule has 1 aliphatic heterocycles. The van der Waals surface area contributed by atoms with E-state index in [1.807, 2.05) is 54.6 Å². The number of amides is 1.